The largest absolute Gasteiger partial charge is 0.478 e. The summed E-state index contributed by atoms with van der Waals surface area (Å²) in [5.74, 6) is 0.0896. The molecule has 5 heterocycles. The van der Waals surface area contributed by atoms with E-state index in [-0.39, 0.29) is 29.8 Å². The normalized spacial score (nSPS) is 17.0. The fourth-order valence-electron chi connectivity index (χ4n) is 6.34. The highest BCUT2D eigenvalue weighted by atomic mass is 19.1. The number of fused-ring (bicyclic) bond motifs is 1. The van der Waals surface area contributed by atoms with E-state index in [0.29, 0.717) is 35.8 Å². The number of hydrogen-bond donors (Lipinski definition) is 1. The van der Waals surface area contributed by atoms with Crippen LogP contribution in [0.4, 0.5) is 4.39 Å². The summed E-state index contributed by atoms with van der Waals surface area (Å²) in [5.41, 5.74) is 4.43. The number of carboxylic acid groups (broad SMARTS) is 1. The minimum atomic E-state index is -1.01. The molecule has 0 spiro atoms. The maximum absolute atomic E-state index is 14.3. The van der Waals surface area contributed by atoms with Gasteiger partial charge in [-0.05, 0) is 68.8 Å². The number of pyridine rings is 1. The van der Waals surface area contributed by atoms with Gasteiger partial charge < -0.3 is 19.1 Å². The Morgan fingerprint density at radius 2 is 1.96 bits per heavy atom. The second-order valence-corrected chi connectivity index (χ2v) is 12.1. The molecule has 5 aromatic rings. The van der Waals surface area contributed by atoms with Crippen molar-refractivity contribution in [3.63, 3.8) is 0 Å². The summed E-state index contributed by atoms with van der Waals surface area (Å²) < 4.78 is 29.7. The second kappa shape index (κ2) is 12.9. The fourth-order valence-corrected chi connectivity index (χ4v) is 6.34. The van der Waals surface area contributed by atoms with Gasteiger partial charge in [0.1, 0.15) is 18.2 Å². The second-order valence-electron chi connectivity index (χ2n) is 12.1. The van der Waals surface area contributed by atoms with Crippen LogP contribution in [0, 0.1) is 17.1 Å². The number of benzene rings is 2. The fraction of sp³-hybridized carbons (Fsp3) is 0.343. The van der Waals surface area contributed by atoms with Gasteiger partial charge >= 0.3 is 5.97 Å². The number of aromatic carboxylic acids is 1. The van der Waals surface area contributed by atoms with E-state index in [1.165, 1.54) is 6.07 Å². The summed E-state index contributed by atoms with van der Waals surface area (Å²) >= 11 is 0. The van der Waals surface area contributed by atoms with Gasteiger partial charge in [0.2, 0.25) is 5.88 Å². The summed E-state index contributed by atoms with van der Waals surface area (Å²) in [7, 11) is 1.80. The number of ether oxygens (including phenoxy) is 2. The third-order valence-corrected chi connectivity index (χ3v) is 9.04. The van der Waals surface area contributed by atoms with E-state index in [4.69, 9.17) is 24.7 Å². The predicted octanol–water partition coefficient (Wildman–Crippen LogP) is 5.29. The zero-order valence-corrected chi connectivity index (χ0v) is 26.0. The molecule has 0 amide bonds. The molecule has 2 fully saturated rings. The molecule has 1 unspecified atom stereocenters. The zero-order chi connectivity index (χ0) is 32.5. The van der Waals surface area contributed by atoms with Crippen molar-refractivity contribution in [1.82, 2.24) is 29.2 Å². The van der Waals surface area contributed by atoms with E-state index in [0.717, 1.165) is 61.5 Å². The summed E-state index contributed by atoms with van der Waals surface area (Å²) in [6.45, 7) is 3.69. The lowest BCUT2D eigenvalue weighted by atomic mass is 9.93. The molecule has 0 radical (unpaired) electrons. The van der Waals surface area contributed by atoms with Crippen molar-refractivity contribution < 1.29 is 23.8 Å². The molecule has 3 aromatic heterocycles. The SMILES string of the molecule is Cn1ccc(-c2cc3nc(CN4CCC(c5cccc(OCc6ccc(C#N)cc6F)n5)CC4)n(CC4CCO4)c3cc2C(=O)O)n1. The molecule has 47 heavy (non-hydrogen) atoms. The van der Waals surface area contributed by atoms with Crippen LogP contribution in [0.15, 0.2) is 60.8 Å². The maximum Gasteiger partial charge on any atom is 0.336 e. The molecule has 2 aromatic carbocycles. The van der Waals surface area contributed by atoms with E-state index in [1.807, 2.05) is 30.3 Å². The van der Waals surface area contributed by atoms with Crippen molar-refractivity contribution in [3.8, 4) is 23.2 Å². The van der Waals surface area contributed by atoms with Gasteiger partial charge in [0.15, 0.2) is 0 Å². The number of rotatable bonds is 10. The van der Waals surface area contributed by atoms with Crippen LogP contribution in [0.3, 0.4) is 0 Å². The molecule has 2 aliphatic rings. The number of carboxylic acids is 1. The van der Waals surface area contributed by atoms with Gasteiger partial charge in [0, 0.05) is 48.7 Å². The Morgan fingerprint density at radius 3 is 2.64 bits per heavy atom. The van der Waals surface area contributed by atoms with Crippen LogP contribution < -0.4 is 4.74 Å². The summed E-state index contributed by atoms with van der Waals surface area (Å²) in [6.07, 6.45) is 4.64. The number of nitrogens with zero attached hydrogens (tertiary/aromatic N) is 7. The summed E-state index contributed by atoms with van der Waals surface area (Å²) in [5, 5.41) is 23.5. The molecule has 12 heteroatoms. The highest BCUT2D eigenvalue weighted by molar-refractivity contribution is 6.00. The van der Waals surface area contributed by atoms with Crippen LogP contribution in [0.1, 0.15) is 58.2 Å². The van der Waals surface area contributed by atoms with Crippen LogP contribution in [0.25, 0.3) is 22.3 Å². The number of aryl methyl sites for hydroxylation is 1. The first-order chi connectivity index (χ1) is 22.8. The number of halogens is 1. The third-order valence-electron chi connectivity index (χ3n) is 9.04. The standard InChI is InChI=1S/C35H34FN7O4/c1-41-11-9-30(40-41)26-16-31-32(17-27(26)35(44)45)43(19-25-10-14-46-25)33(38-31)20-42-12-7-23(8-13-42)29-3-2-4-34(39-29)47-21-24-6-5-22(18-37)15-28(24)36/h2-6,9,11,15-17,23,25H,7-8,10,12-14,19-21H2,1H3,(H,44,45). The van der Waals surface area contributed by atoms with Crippen molar-refractivity contribution >= 4 is 17.0 Å². The topological polar surface area (TPSA) is 131 Å². The Hall–Kier alpha value is -5.12. The van der Waals surface area contributed by atoms with Crippen LogP contribution in [-0.2, 0) is 31.5 Å². The number of aromatic nitrogens is 5. The van der Waals surface area contributed by atoms with Crippen molar-refractivity contribution in [2.75, 3.05) is 19.7 Å². The lowest BCUT2D eigenvalue weighted by Crippen LogP contribution is -2.35. The molecular formula is C35H34FN7O4. The Labute approximate surface area is 270 Å². The molecule has 0 bridgehead atoms. The van der Waals surface area contributed by atoms with Gasteiger partial charge in [-0.15, -0.1) is 0 Å². The molecule has 2 aliphatic heterocycles. The molecular weight excluding hydrogens is 601 g/mol. The highest BCUT2D eigenvalue weighted by Crippen LogP contribution is 2.32. The molecule has 2 saturated heterocycles. The van der Waals surface area contributed by atoms with Gasteiger partial charge in [0.05, 0.1) is 53.1 Å². The molecule has 0 saturated carbocycles. The molecule has 11 nitrogen and oxygen atoms in total. The predicted molar refractivity (Wildman–Crippen MR) is 170 cm³/mol. The molecule has 7 rings (SSSR count). The molecule has 1 atom stereocenters. The van der Waals surface area contributed by atoms with Crippen molar-refractivity contribution in [3.05, 3.63) is 94.8 Å². The van der Waals surface area contributed by atoms with Gasteiger partial charge in [0.25, 0.3) is 0 Å². The Bertz CT molecular complexity index is 1990. The van der Waals surface area contributed by atoms with Crippen LogP contribution >= 0.6 is 0 Å². The maximum atomic E-state index is 14.3. The summed E-state index contributed by atoms with van der Waals surface area (Å²) in [6, 6.07) is 17.3. The molecule has 240 valence electrons. The van der Waals surface area contributed by atoms with E-state index in [9.17, 15) is 14.3 Å². The Morgan fingerprint density at radius 1 is 1.13 bits per heavy atom. The zero-order valence-electron chi connectivity index (χ0n) is 26.0. The summed E-state index contributed by atoms with van der Waals surface area (Å²) in [4.78, 5) is 24.5. The average Bonchev–Trinajstić information content (AvgIpc) is 3.64. The minimum Gasteiger partial charge on any atom is -0.478 e. The number of nitriles is 1. The van der Waals surface area contributed by atoms with Gasteiger partial charge in [-0.1, -0.05) is 12.1 Å². The van der Waals surface area contributed by atoms with Crippen molar-refractivity contribution in [2.24, 2.45) is 7.05 Å². The van der Waals surface area contributed by atoms with Crippen LogP contribution in [0.2, 0.25) is 0 Å². The quantitative estimate of drug-likeness (QED) is 0.218. The number of piperidine rings is 1. The first kappa shape index (κ1) is 30.5. The number of hydrogen-bond acceptors (Lipinski definition) is 8. The van der Waals surface area contributed by atoms with E-state index < -0.39 is 11.8 Å². The van der Waals surface area contributed by atoms with Crippen molar-refractivity contribution in [2.45, 2.75) is 51.0 Å². The van der Waals surface area contributed by atoms with Crippen LogP contribution in [-0.4, -0.2) is 66.1 Å². The monoisotopic (exact) mass is 635 g/mol. The van der Waals surface area contributed by atoms with Crippen LogP contribution in [0.5, 0.6) is 5.88 Å². The highest BCUT2D eigenvalue weighted by Gasteiger charge is 2.27. The van der Waals surface area contributed by atoms with Gasteiger partial charge in [-0.3, -0.25) is 9.58 Å². The van der Waals surface area contributed by atoms with Crippen molar-refractivity contribution in [1.29, 1.82) is 5.26 Å². The first-order valence-electron chi connectivity index (χ1n) is 15.7. The number of imidazole rings is 1. The average molecular weight is 636 g/mol. The Balaban J connectivity index is 1.06. The van der Waals surface area contributed by atoms with E-state index in [1.54, 1.807) is 42.2 Å². The smallest absolute Gasteiger partial charge is 0.336 e. The third kappa shape index (κ3) is 6.45. The van der Waals surface area contributed by atoms with E-state index in [2.05, 4.69) is 14.6 Å². The Kier molecular flexibility index (Phi) is 8.41. The number of likely N-dealkylation sites (tertiary alicyclic amines) is 1. The molecule has 0 aliphatic carbocycles. The lowest BCUT2D eigenvalue weighted by Gasteiger charge is -2.32. The van der Waals surface area contributed by atoms with Gasteiger partial charge in [-0.25, -0.2) is 19.2 Å². The van der Waals surface area contributed by atoms with Gasteiger partial charge in [-0.2, -0.15) is 10.4 Å². The first-order valence-corrected chi connectivity index (χ1v) is 15.7. The molecule has 1 N–H and O–H groups in total. The minimum absolute atomic E-state index is 0.0245. The lowest BCUT2D eigenvalue weighted by molar-refractivity contribution is -0.0592. The van der Waals surface area contributed by atoms with E-state index >= 15 is 0 Å². The number of carbonyl (C=O) groups is 1.